The fourth-order valence-corrected chi connectivity index (χ4v) is 9.30. The minimum atomic E-state index is 0.646. The van der Waals surface area contributed by atoms with Gasteiger partial charge in [0.1, 0.15) is 0 Å². The second-order valence-corrected chi connectivity index (χ2v) is 15.6. The lowest BCUT2D eigenvalue weighted by atomic mass is 9.94. The molecule has 276 valence electrons. The van der Waals surface area contributed by atoms with Gasteiger partial charge in [0.25, 0.3) is 0 Å². The van der Waals surface area contributed by atoms with Crippen LogP contribution in [0.25, 0.3) is 110 Å². The summed E-state index contributed by atoms with van der Waals surface area (Å²) in [6.45, 7) is 0. The summed E-state index contributed by atoms with van der Waals surface area (Å²) >= 11 is 1.86. The highest BCUT2D eigenvalue weighted by molar-refractivity contribution is 7.26. The van der Waals surface area contributed by atoms with Gasteiger partial charge in [-0.3, -0.25) is 9.97 Å². The summed E-state index contributed by atoms with van der Waals surface area (Å²) in [5.74, 6) is 1.95. The summed E-state index contributed by atoms with van der Waals surface area (Å²) in [5.41, 5.74) is 11.8. The van der Waals surface area contributed by atoms with Gasteiger partial charge in [-0.2, -0.15) is 0 Å². The molecule has 0 spiro atoms. The summed E-state index contributed by atoms with van der Waals surface area (Å²) in [7, 11) is 0. The van der Waals surface area contributed by atoms with Crippen LogP contribution in [0.5, 0.6) is 0 Å². The number of thiophene rings is 1. The first-order valence-electron chi connectivity index (χ1n) is 19.5. The van der Waals surface area contributed by atoms with Crippen molar-refractivity contribution in [1.82, 2.24) is 24.9 Å². The molecule has 0 unspecified atom stereocenters. The maximum atomic E-state index is 4.97. The zero-order valence-corrected chi connectivity index (χ0v) is 32.5. The van der Waals surface area contributed by atoms with Crippen LogP contribution in [0.3, 0.4) is 0 Å². The number of pyridine rings is 2. The summed E-state index contributed by atoms with van der Waals surface area (Å²) < 4.78 is 2.53. The van der Waals surface area contributed by atoms with E-state index in [0.717, 1.165) is 55.4 Å². The predicted octanol–water partition coefficient (Wildman–Crippen LogP) is 13.9. The van der Waals surface area contributed by atoms with Gasteiger partial charge in [-0.1, -0.05) is 133 Å². The van der Waals surface area contributed by atoms with E-state index < -0.39 is 0 Å². The van der Waals surface area contributed by atoms with Gasteiger partial charge in [-0.15, -0.1) is 11.3 Å². The van der Waals surface area contributed by atoms with Crippen molar-refractivity contribution in [2.45, 2.75) is 0 Å². The highest BCUT2D eigenvalue weighted by Gasteiger charge is 2.17. The standard InChI is InChI=1S/C53H33N5S/c1-3-12-34(13-4-1)51-56-52(35-14-5-2-6-15-35)58-53(57-51)39-25-23-36-28-38(24-22-37(36)29-39)44-17-9-19-46-47-20-10-18-45(50(47)59-49(44)46)42-30-41(40-16-11-26-54-33-40)31-43(32-42)48-21-7-8-27-55-48/h1-33H. The lowest BCUT2D eigenvalue weighted by molar-refractivity contribution is 1.07. The second kappa shape index (κ2) is 14.7. The van der Waals surface area contributed by atoms with Crippen molar-refractivity contribution in [3.8, 4) is 78.8 Å². The fraction of sp³-hybridized carbons (Fsp3) is 0. The van der Waals surface area contributed by atoms with Crippen molar-refractivity contribution in [3.63, 3.8) is 0 Å². The lowest BCUT2D eigenvalue weighted by Gasteiger charge is -2.11. The number of hydrogen-bond acceptors (Lipinski definition) is 6. The molecule has 0 aliphatic heterocycles. The van der Waals surface area contributed by atoms with Gasteiger partial charge in [-0.25, -0.2) is 15.0 Å². The van der Waals surface area contributed by atoms with E-state index in [-0.39, 0.29) is 0 Å². The SMILES string of the molecule is c1ccc(-c2nc(-c3ccccc3)nc(-c3ccc4cc(-c5cccc6c5sc5c(-c7cc(-c8cccnc8)cc(-c8ccccn8)c7)cccc56)ccc4c3)n2)cc1. The maximum absolute atomic E-state index is 4.97. The molecular weight excluding hydrogens is 739 g/mol. The van der Waals surface area contributed by atoms with Crippen molar-refractivity contribution >= 4 is 42.3 Å². The van der Waals surface area contributed by atoms with Gasteiger partial charge in [-0.05, 0) is 87.1 Å². The highest BCUT2D eigenvalue weighted by atomic mass is 32.1. The van der Waals surface area contributed by atoms with Crippen LogP contribution in [-0.2, 0) is 0 Å². The number of hydrogen-bond donors (Lipinski definition) is 0. The van der Waals surface area contributed by atoms with E-state index in [1.165, 1.54) is 36.9 Å². The van der Waals surface area contributed by atoms with Gasteiger partial charge in [0.05, 0.1) is 5.69 Å². The minimum absolute atomic E-state index is 0.646. The van der Waals surface area contributed by atoms with E-state index in [2.05, 4.69) is 108 Å². The number of nitrogens with zero attached hydrogens (tertiary/aromatic N) is 5. The third-order valence-corrected chi connectivity index (χ3v) is 12.1. The molecule has 0 fully saturated rings. The molecule has 4 aromatic heterocycles. The Labute approximate surface area is 345 Å². The van der Waals surface area contributed by atoms with E-state index in [0.29, 0.717) is 17.5 Å². The third kappa shape index (κ3) is 6.52. The highest BCUT2D eigenvalue weighted by Crippen LogP contribution is 2.45. The Morgan fingerprint density at radius 2 is 0.898 bits per heavy atom. The molecule has 0 aliphatic carbocycles. The number of rotatable bonds is 7. The molecule has 6 heteroatoms. The Morgan fingerprint density at radius 1 is 0.339 bits per heavy atom. The van der Waals surface area contributed by atoms with E-state index in [9.17, 15) is 0 Å². The van der Waals surface area contributed by atoms with E-state index in [1.807, 2.05) is 109 Å². The summed E-state index contributed by atoms with van der Waals surface area (Å²) in [5, 5.41) is 4.78. The molecule has 7 aromatic carbocycles. The number of benzene rings is 7. The van der Waals surface area contributed by atoms with Crippen LogP contribution in [0.4, 0.5) is 0 Å². The molecule has 11 aromatic rings. The molecule has 0 amide bonds. The molecular formula is C53H33N5S. The number of aromatic nitrogens is 5. The van der Waals surface area contributed by atoms with Crippen LogP contribution in [0.15, 0.2) is 201 Å². The van der Waals surface area contributed by atoms with Crippen molar-refractivity contribution in [2.24, 2.45) is 0 Å². The average molecular weight is 772 g/mol. The van der Waals surface area contributed by atoms with Crippen molar-refractivity contribution < 1.29 is 0 Å². The van der Waals surface area contributed by atoms with Gasteiger partial charge >= 0.3 is 0 Å². The number of fused-ring (bicyclic) bond motifs is 4. The first-order chi connectivity index (χ1) is 29.2. The monoisotopic (exact) mass is 771 g/mol. The Kier molecular flexibility index (Phi) is 8.60. The molecule has 0 atom stereocenters. The normalized spacial score (nSPS) is 11.4. The van der Waals surface area contributed by atoms with Crippen LogP contribution in [0, 0.1) is 0 Å². The maximum Gasteiger partial charge on any atom is 0.164 e. The molecule has 0 saturated heterocycles. The van der Waals surface area contributed by atoms with E-state index in [4.69, 9.17) is 19.9 Å². The molecule has 4 heterocycles. The molecule has 0 radical (unpaired) electrons. The van der Waals surface area contributed by atoms with E-state index in [1.54, 1.807) is 0 Å². The summed E-state index contributed by atoms with van der Waals surface area (Å²) in [4.78, 5) is 24.0. The lowest BCUT2D eigenvalue weighted by Crippen LogP contribution is -2.00. The summed E-state index contributed by atoms with van der Waals surface area (Å²) in [6.07, 6.45) is 5.59. The average Bonchev–Trinajstić information content (AvgIpc) is 3.71. The minimum Gasteiger partial charge on any atom is -0.264 e. The van der Waals surface area contributed by atoms with Crippen molar-refractivity contribution in [2.75, 3.05) is 0 Å². The molecule has 5 nitrogen and oxygen atoms in total. The molecule has 0 N–H and O–H groups in total. The molecule has 59 heavy (non-hydrogen) atoms. The van der Waals surface area contributed by atoms with Crippen molar-refractivity contribution in [3.05, 3.63) is 201 Å². The molecule has 0 aliphatic rings. The first kappa shape index (κ1) is 34.6. The smallest absolute Gasteiger partial charge is 0.164 e. The predicted molar refractivity (Wildman–Crippen MR) is 244 cm³/mol. The Bertz CT molecular complexity index is 3200. The quantitative estimate of drug-likeness (QED) is 0.161. The van der Waals surface area contributed by atoms with Crippen LogP contribution in [-0.4, -0.2) is 24.9 Å². The zero-order valence-electron chi connectivity index (χ0n) is 31.7. The third-order valence-electron chi connectivity index (χ3n) is 10.8. The Hall–Kier alpha value is -7.67. The Morgan fingerprint density at radius 3 is 1.53 bits per heavy atom. The first-order valence-corrected chi connectivity index (χ1v) is 20.4. The largest absolute Gasteiger partial charge is 0.264 e. The van der Waals surface area contributed by atoms with Crippen LogP contribution < -0.4 is 0 Å². The molecule has 0 bridgehead atoms. The Balaban J connectivity index is 1.00. The topological polar surface area (TPSA) is 64.5 Å². The summed E-state index contributed by atoms with van der Waals surface area (Å²) in [6, 6.07) is 63.7. The van der Waals surface area contributed by atoms with Gasteiger partial charge in [0.2, 0.25) is 0 Å². The van der Waals surface area contributed by atoms with Crippen LogP contribution >= 0.6 is 11.3 Å². The van der Waals surface area contributed by atoms with Gasteiger partial charge in [0.15, 0.2) is 17.5 Å². The zero-order chi connectivity index (χ0) is 39.1. The molecule has 0 saturated carbocycles. The van der Waals surface area contributed by atoms with E-state index >= 15 is 0 Å². The molecule has 11 rings (SSSR count). The van der Waals surface area contributed by atoms with Crippen LogP contribution in [0.2, 0.25) is 0 Å². The van der Waals surface area contributed by atoms with Crippen LogP contribution in [0.1, 0.15) is 0 Å². The van der Waals surface area contributed by atoms with Gasteiger partial charge < -0.3 is 0 Å². The van der Waals surface area contributed by atoms with Gasteiger partial charge in [0, 0.05) is 66.6 Å². The second-order valence-electron chi connectivity index (χ2n) is 14.5. The fourth-order valence-electron chi connectivity index (χ4n) is 7.93. The van der Waals surface area contributed by atoms with Crippen molar-refractivity contribution in [1.29, 1.82) is 0 Å².